The maximum absolute atomic E-state index is 13.4. The quantitative estimate of drug-likeness (QED) is 0.838. The second-order valence-corrected chi connectivity index (χ2v) is 7.28. The number of benzene rings is 1. The Bertz CT molecular complexity index is 801. The minimum Gasteiger partial charge on any atom is -0.327 e. The third-order valence-electron chi connectivity index (χ3n) is 3.25. The van der Waals surface area contributed by atoms with E-state index in [1.807, 2.05) is 0 Å². The maximum atomic E-state index is 13.4. The van der Waals surface area contributed by atoms with Crippen molar-refractivity contribution in [3.63, 3.8) is 0 Å². The van der Waals surface area contributed by atoms with E-state index in [0.29, 0.717) is 0 Å². The van der Waals surface area contributed by atoms with Crippen LogP contribution in [0.3, 0.4) is 0 Å². The summed E-state index contributed by atoms with van der Waals surface area (Å²) in [6.07, 6.45) is 4.59. The molecule has 6 nitrogen and oxygen atoms in total. The number of sulfonamides is 1. The summed E-state index contributed by atoms with van der Waals surface area (Å²) in [6.45, 7) is 0.159. The van der Waals surface area contributed by atoms with Gasteiger partial charge in [0.15, 0.2) is 0 Å². The molecule has 0 radical (unpaired) electrons. The number of hydrogen-bond donors (Lipinski definition) is 1. The highest BCUT2D eigenvalue weighted by Gasteiger charge is 2.16. The van der Waals surface area contributed by atoms with Gasteiger partial charge in [0, 0.05) is 32.4 Å². The molecule has 0 saturated heterocycles. The molecule has 24 heavy (non-hydrogen) atoms. The lowest BCUT2D eigenvalue weighted by Crippen LogP contribution is -2.22. The molecule has 0 fully saturated rings. The van der Waals surface area contributed by atoms with E-state index in [9.17, 15) is 12.8 Å². The Kier molecular flexibility index (Phi) is 7.09. The van der Waals surface area contributed by atoms with Gasteiger partial charge in [-0.3, -0.25) is 4.68 Å². The summed E-state index contributed by atoms with van der Waals surface area (Å²) in [7, 11) is -0.484. The zero-order chi connectivity index (χ0) is 17.0. The summed E-state index contributed by atoms with van der Waals surface area (Å²) in [6, 6.07) is 6.47. The van der Waals surface area contributed by atoms with Gasteiger partial charge in [0.1, 0.15) is 5.83 Å². The number of nitrogens with two attached hydrogens (primary N) is 1. The van der Waals surface area contributed by atoms with Gasteiger partial charge in [-0.1, -0.05) is 12.1 Å². The molecule has 1 heterocycles. The largest absolute Gasteiger partial charge is 0.327 e. The third-order valence-corrected chi connectivity index (χ3v) is 5.08. The summed E-state index contributed by atoms with van der Waals surface area (Å²) in [5, 5.41) is 4.08. The number of aromatic nitrogens is 2. The van der Waals surface area contributed by atoms with Crippen LogP contribution < -0.4 is 5.73 Å². The summed E-state index contributed by atoms with van der Waals surface area (Å²) in [5.74, 6) is -0.352. The Balaban J connectivity index is 0.00000288. The molecule has 2 N–H and O–H groups in total. The van der Waals surface area contributed by atoms with Crippen LogP contribution in [0.4, 0.5) is 4.39 Å². The second kappa shape index (κ2) is 8.39. The van der Waals surface area contributed by atoms with Crippen LogP contribution in [-0.4, -0.2) is 43.1 Å². The van der Waals surface area contributed by atoms with Crippen LogP contribution in [0.2, 0.25) is 0 Å². The van der Waals surface area contributed by atoms with E-state index >= 15 is 0 Å². The van der Waals surface area contributed by atoms with Gasteiger partial charge >= 0.3 is 0 Å². The Morgan fingerprint density at radius 2 is 1.92 bits per heavy atom. The molecule has 9 heteroatoms. The van der Waals surface area contributed by atoms with Crippen LogP contribution in [-0.2, 0) is 16.6 Å². The van der Waals surface area contributed by atoms with Crippen molar-refractivity contribution >= 4 is 22.4 Å². The first-order valence-corrected chi connectivity index (χ1v) is 8.38. The molecule has 132 valence electrons. The zero-order valence-corrected chi connectivity index (χ0v) is 15.0. The molecule has 2 rings (SSSR count). The summed E-state index contributed by atoms with van der Waals surface area (Å²) < 4.78 is 40.1. The van der Waals surface area contributed by atoms with Crippen LogP contribution in [0, 0.1) is 0 Å². The van der Waals surface area contributed by atoms with Crippen LogP contribution >= 0.6 is 12.4 Å². The lowest BCUT2D eigenvalue weighted by atomic mass is 10.1. The molecule has 2 aromatic rings. The number of halogens is 2. The van der Waals surface area contributed by atoms with E-state index in [2.05, 4.69) is 5.10 Å². The second-order valence-electron chi connectivity index (χ2n) is 5.13. The number of nitrogens with zero attached hydrogens (tertiary/aromatic N) is 3. The molecule has 0 saturated carbocycles. The lowest BCUT2D eigenvalue weighted by molar-refractivity contribution is 0.520. The van der Waals surface area contributed by atoms with Gasteiger partial charge in [0.2, 0.25) is 10.0 Å². The minimum atomic E-state index is -3.45. The maximum Gasteiger partial charge on any atom is 0.242 e. The fraction of sp³-hybridized carbons (Fsp3) is 0.267. The molecule has 0 amide bonds. The fourth-order valence-corrected chi connectivity index (χ4v) is 2.88. The minimum absolute atomic E-state index is 0. The van der Waals surface area contributed by atoms with E-state index < -0.39 is 10.0 Å². The molecule has 0 bridgehead atoms. The zero-order valence-electron chi connectivity index (χ0n) is 13.4. The topological polar surface area (TPSA) is 81.2 Å². The Labute approximate surface area is 147 Å². The molecular formula is C15H20ClFN4O2S. The Morgan fingerprint density at radius 3 is 2.46 bits per heavy atom. The van der Waals surface area contributed by atoms with Crippen molar-refractivity contribution in [2.24, 2.45) is 5.73 Å². The van der Waals surface area contributed by atoms with Crippen LogP contribution in [0.25, 0.3) is 11.1 Å². The van der Waals surface area contributed by atoms with Crippen molar-refractivity contribution in [2.45, 2.75) is 11.4 Å². The van der Waals surface area contributed by atoms with E-state index in [1.165, 1.54) is 37.0 Å². The summed E-state index contributed by atoms with van der Waals surface area (Å²) in [5.41, 5.74) is 6.83. The molecule has 0 aliphatic rings. The Morgan fingerprint density at radius 1 is 1.29 bits per heavy atom. The highest BCUT2D eigenvalue weighted by atomic mass is 35.5. The first-order chi connectivity index (χ1) is 10.8. The molecule has 1 aromatic carbocycles. The van der Waals surface area contributed by atoms with E-state index in [4.69, 9.17) is 5.73 Å². The number of rotatable bonds is 6. The average Bonchev–Trinajstić information content (AvgIpc) is 2.96. The van der Waals surface area contributed by atoms with Crippen molar-refractivity contribution in [3.8, 4) is 11.1 Å². The van der Waals surface area contributed by atoms with Crippen molar-refractivity contribution in [3.05, 3.63) is 48.6 Å². The van der Waals surface area contributed by atoms with Gasteiger partial charge in [0.05, 0.1) is 17.6 Å². The summed E-state index contributed by atoms with van der Waals surface area (Å²) >= 11 is 0. The monoisotopic (exact) mass is 374 g/mol. The Hall–Kier alpha value is -1.74. The normalized spacial score (nSPS) is 12.3. The first kappa shape index (κ1) is 20.3. The van der Waals surface area contributed by atoms with Crippen molar-refractivity contribution in [1.29, 1.82) is 0 Å². The predicted octanol–water partition coefficient (Wildman–Crippen LogP) is 2.03. The van der Waals surface area contributed by atoms with E-state index in [-0.39, 0.29) is 36.2 Å². The molecular weight excluding hydrogens is 355 g/mol. The third kappa shape index (κ3) is 4.64. The van der Waals surface area contributed by atoms with Crippen molar-refractivity contribution in [2.75, 3.05) is 20.6 Å². The lowest BCUT2D eigenvalue weighted by Gasteiger charge is -2.11. The van der Waals surface area contributed by atoms with Gasteiger partial charge in [-0.2, -0.15) is 5.10 Å². The van der Waals surface area contributed by atoms with E-state index in [0.717, 1.165) is 15.4 Å². The molecule has 0 unspecified atom stereocenters. The fourth-order valence-electron chi connectivity index (χ4n) is 1.98. The smallest absolute Gasteiger partial charge is 0.242 e. The van der Waals surface area contributed by atoms with Crippen LogP contribution in [0.15, 0.2) is 53.5 Å². The first-order valence-electron chi connectivity index (χ1n) is 6.94. The van der Waals surface area contributed by atoms with Gasteiger partial charge in [-0.15, -0.1) is 12.4 Å². The van der Waals surface area contributed by atoms with Crippen molar-refractivity contribution < 1.29 is 12.8 Å². The van der Waals surface area contributed by atoms with E-state index in [1.54, 1.807) is 24.5 Å². The molecule has 0 aliphatic heterocycles. The highest BCUT2D eigenvalue weighted by Crippen LogP contribution is 2.22. The number of allylic oxidation sites excluding steroid dienone is 1. The molecule has 0 atom stereocenters. The van der Waals surface area contributed by atoms with Gasteiger partial charge in [-0.25, -0.2) is 17.1 Å². The molecule has 0 spiro atoms. The van der Waals surface area contributed by atoms with Gasteiger partial charge < -0.3 is 5.73 Å². The molecule has 1 aromatic heterocycles. The SMILES string of the molecule is CN(C)S(=O)(=O)c1ccc(-c2cnn(C/C(F)=C/CN)c2)cc1.Cl. The average molecular weight is 375 g/mol. The van der Waals surface area contributed by atoms with Gasteiger partial charge in [0.25, 0.3) is 0 Å². The highest BCUT2D eigenvalue weighted by molar-refractivity contribution is 7.89. The van der Waals surface area contributed by atoms with Crippen molar-refractivity contribution in [1.82, 2.24) is 14.1 Å². The van der Waals surface area contributed by atoms with Crippen LogP contribution in [0.1, 0.15) is 0 Å². The predicted molar refractivity (Wildman–Crippen MR) is 94.0 cm³/mol. The number of hydrogen-bond acceptors (Lipinski definition) is 4. The standard InChI is InChI=1S/C15H19FN4O2S.ClH/c1-19(2)23(21,22)15-5-3-12(4-6-15)13-9-18-20(10-13)11-14(16)7-8-17;/h3-7,9-10H,8,11,17H2,1-2H3;1H/b14-7-;. The summed E-state index contributed by atoms with van der Waals surface area (Å²) in [4.78, 5) is 0.218. The van der Waals surface area contributed by atoms with Crippen LogP contribution in [0.5, 0.6) is 0 Å². The van der Waals surface area contributed by atoms with Gasteiger partial charge in [-0.05, 0) is 23.8 Å². The molecule has 0 aliphatic carbocycles.